The van der Waals surface area contributed by atoms with E-state index in [0.29, 0.717) is 17.7 Å². The summed E-state index contributed by atoms with van der Waals surface area (Å²) in [5.74, 6) is -0.149. The first-order chi connectivity index (χ1) is 8.39. The average Bonchev–Trinajstić information content (AvgIpc) is 2.62. The Morgan fingerprint density at radius 1 is 1.44 bits per heavy atom. The Labute approximate surface area is 106 Å². The van der Waals surface area contributed by atoms with Crippen LogP contribution < -0.4 is 11.1 Å². The second kappa shape index (κ2) is 4.61. The highest BCUT2D eigenvalue weighted by Crippen LogP contribution is 2.18. The second-order valence-electron chi connectivity index (χ2n) is 4.61. The summed E-state index contributed by atoms with van der Waals surface area (Å²) < 4.78 is 22.6. The maximum atomic E-state index is 12.0. The Morgan fingerprint density at radius 2 is 2.17 bits per heavy atom. The smallest absolute Gasteiger partial charge is 0.253 e. The van der Waals surface area contributed by atoms with Crippen LogP contribution in [0.4, 0.5) is 5.69 Å². The van der Waals surface area contributed by atoms with Gasteiger partial charge < -0.3 is 11.1 Å². The van der Waals surface area contributed by atoms with Gasteiger partial charge in [-0.1, -0.05) is 12.1 Å². The van der Waals surface area contributed by atoms with Gasteiger partial charge in [0.05, 0.1) is 17.1 Å². The SMILES string of the molecule is Cc1cccc(C(=O)NC2CCS(=O)(=O)C2)c1N. The quantitative estimate of drug-likeness (QED) is 0.764. The van der Waals surface area contributed by atoms with Gasteiger partial charge in [0, 0.05) is 11.7 Å². The second-order valence-corrected chi connectivity index (χ2v) is 6.84. The van der Waals surface area contributed by atoms with Crippen LogP contribution in [0.15, 0.2) is 18.2 Å². The van der Waals surface area contributed by atoms with Crippen molar-refractivity contribution in [3.8, 4) is 0 Å². The van der Waals surface area contributed by atoms with Crippen molar-refractivity contribution >= 4 is 21.4 Å². The average molecular weight is 268 g/mol. The highest BCUT2D eigenvalue weighted by molar-refractivity contribution is 7.91. The summed E-state index contributed by atoms with van der Waals surface area (Å²) in [6, 6.07) is 4.92. The van der Waals surface area contributed by atoms with E-state index in [9.17, 15) is 13.2 Å². The number of benzene rings is 1. The predicted molar refractivity (Wildman–Crippen MR) is 70.1 cm³/mol. The summed E-state index contributed by atoms with van der Waals surface area (Å²) in [5, 5.41) is 2.72. The van der Waals surface area contributed by atoms with E-state index in [1.54, 1.807) is 12.1 Å². The Balaban J connectivity index is 2.11. The minimum absolute atomic E-state index is 0.0183. The van der Waals surface area contributed by atoms with Gasteiger partial charge in [-0.05, 0) is 25.0 Å². The van der Waals surface area contributed by atoms with Gasteiger partial charge in [-0.2, -0.15) is 0 Å². The molecule has 6 heteroatoms. The van der Waals surface area contributed by atoms with E-state index < -0.39 is 9.84 Å². The number of rotatable bonds is 2. The Bertz CT molecular complexity index is 581. The van der Waals surface area contributed by atoms with Crippen LogP contribution in [0.25, 0.3) is 0 Å². The fraction of sp³-hybridized carbons (Fsp3) is 0.417. The van der Waals surface area contributed by atoms with E-state index in [4.69, 9.17) is 5.73 Å². The molecule has 1 aromatic rings. The third-order valence-electron chi connectivity index (χ3n) is 3.14. The van der Waals surface area contributed by atoms with Crippen LogP contribution in [-0.4, -0.2) is 31.9 Å². The molecule has 1 aliphatic rings. The number of carbonyl (C=O) groups excluding carboxylic acids is 1. The largest absolute Gasteiger partial charge is 0.398 e. The van der Waals surface area contributed by atoms with Gasteiger partial charge in [0.15, 0.2) is 9.84 Å². The number of nitrogens with one attached hydrogen (secondary N) is 1. The minimum atomic E-state index is -2.99. The molecule has 0 radical (unpaired) electrons. The third kappa shape index (κ3) is 2.64. The van der Waals surface area contributed by atoms with Crippen molar-refractivity contribution in [2.75, 3.05) is 17.2 Å². The zero-order valence-electron chi connectivity index (χ0n) is 10.1. The number of hydrogen-bond acceptors (Lipinski definition) is 4. The molecule has 1 amide bonds. The molecule has 5 nitrogen and oxygen atoms in total. The highest BCUT2D eigenvalue weighted by atomic mass is 32.2. The number of nitrogens with two attached hydrogens (primary N) is 1. The lowest BCUT2D eigenvalue weighted by Gasteiger charge is -2.13. The Morgan fingerprint density at radius 3 is 2.78 bits per heavy atom. The third-order valence-corrected chi connectivity index (χ3v) is 4.90. The van der Waals surface area contributed by atoms with Crippen molar-refractivity contribution in [1.29, 1.82) is 0 Å². The van der Waals surface area contributed by atoms with Crippen LogP contribution in [0.3, 0.4) is 0 Å². The highest BCUT2D eigenvalue weighted by Gasteiger charge is 2.29. The number of carbonyl (C=O) groups is 1. The molecule has 2 rings (SSSR count). The monoisotopic (exact) mass is 268 g/mol. The van der Waals surface area contributed by atoms with Crippen molar-refractivity contribution < 1.29 is 13.2 Å². The van der Waals surface area contributed by atoms with E-state index in [2.05, 4.69) is 5.32 Å². The first kappa shape index (κ1) is 12.9. The van der Waals surface area contributed by atoms with Crippen LogP contribution in [0.5, 0.6) is 0 Å². The lowest BCUT2D eigenvalue weighted by Crippen LogP contribution is -2.36. The first-order valence-corrected chi connectivity index (χ1v) is 7.57. The summed E-state index contributed by atoms with van der Waals surface area (Å²) in [6.07, 6.45) is 0.472. The van der Waals surface area contributed by atoms with Crippen LogP contribution in [0.2, 0.25) is 0 Å². The van der Waals surface area contributed by atoms with Crippen molar-refractivity contribution in [1.82, 2.24) is 5.32 Å². The molecule has 98 valence electrons. The van der Waals surface area contributed by atoms with Crippen molar-refractivity contribution in [2.24, 2.45) is 0 Å². The van der Waals surface area contributed by atoms with Gasteiger partial charge in [-0.3, -0.25) is 4.79 Å². The molecule has 1 atom stereocenters. The van der Waals surface area contributed by atoms with E-state index in [0.717, 1.165) is 5.56 Å². The molecule has 1 saturated heterocycles. The molecular weight excluding hydrogens is 252 g/mol. The molecule has 1 fully saturated rings. The maximum absolute atomic E-state index is 12.0. The summed E-state index contributed by atoms with van der Waals surface area (Å²) in [7, 11) is -2.99. The molecule has 0 saturated carbocycles. The van der Waals surface area contributed by atoms with Crippen molar-refractivity contribution in [3.63, 3.8) is 0 Å². The normalized spacial score (nSPS) is 21.7. The van der Waals surface area contributed by atoms with Crippen LogP contribution in [0, 0.1) is 6.92 Å². The van der Waals surface area contributed by atoms with Crippen LogP contribution in [0.1, 0.15) is 22.3 Å². The number of aryl methyl sites for hydroxylation is 1. The zero-order chi connectivity index (χ0) is 13.3. The minimum Gasteiger partial charge on any atom is -0.398 e. The molecular formula is C12H16N2O3S. The Hall–Kier alpha value is -1.56. The van der Waals surface area contributed by atoms with Crippen molar-refractivity contribution in [2.45, 2.75) is 19.4 Å². The topological polar surface area (TPSA) is 89.3 Å². The molecule has 1 heterocycles. The number of para-hydroxylation sites is 1. The number of nitrogen functional groups attached to an aromatic ring is 1. The van der Waals surface area contributed by atoms with E-state index in [1.807, 2.05) is 13.0 Å². The number of sulfone groups is 1. The lowest BCUT2D eigenvalue weighted by molar-refractivity contribution is 0.0942. The molecule has 0 aliphatic carbocycles. The number of amides is 1. The van der Waals surface area contributed by atoms with Crippen LogP contribution in [-0.2, 0) is 9.84 Å². The van der Waals surface area contributed by atoms with E-state index >= 15 is 0 Å². The van der Waals surface area contributed by atoms with Gasteiger partial charge in [0.1, 0.15) is 0 Å². The molecule has 1 unspecified atom stereocenters. The first-order valence-electron chi connectivity index (χ1n) is 5.75. The molecule has 0 bridgehead atoms. The zero-order valence-corrected chi connectivity index (χ0v) is 11.0. The standard InChI is InChI=1S/C12H16N2O3S/c1-8-3-2-4-10(11(8)13)12(15)14-9-5-6-18(16,17)7-9/h2-4,9H,5-7,13H2,1H3,(H,14,15). The fourth-order valence-corrected chi connectivity index (χ4v) is 3.72. The summed E-state index contributed by atoms with van der Waals surface area (Å²) in [5.41, 5.74) is 7.51. The van der Waals surface area contributed by atoms with Crippen LogP contribution >= 0.6 is 0 Å². The predicted octanol–water partition coefficient (Wildman–Crippen LogP) is 0.494. The van der Waals surface area contributed by atoms with Gasteiger partial charge in [0.2, 0.25) is 0 Å². The summed E-state index contributed by atoms with van der Waals surface area (Å²) in [4.78, 5) is 12.0. The molecule has 3 N–H and O–H groups in total. The van der Waals surface area contributed by atoms with Gasteiger partial charge in [0.25, 0.3) is 5.91 Å². The van der Waals surface area contributed by atoms with Crippen molar-refractivity contribution in [3.05, 3.63) is 29.3 Å². The molecule has 0 spiro atoms. The maximum Gasteiger partial charge on any atom is 0.253 e. The summed E-state index contributed by atoms with van der Waals surface area (Å²) in [6.45, 7) is 1.83. The van der Waals surface area contributed by atoms with Gasteiger partial charge in [-0.15, -0.1) is 0 Å². The molecule has 0 aromatic heterocycles. The lowest BCUT2D eigenvalue weighted by atomic mass is 10.1. The molecule has 1 aromatic carbocycles. The molecule has 18 heavy (non-hydrogen) atoms. The van der Waals surface area contributed by atoms with Gasteiger partial charge >= 0.3 is 0 Å². The van der Waals surface area contributed by atoms with E-state index in [-0.39, 0.29) is 23.5 Å². The van der Waals surface area contributed by atoms with Gasteiger partial charge in [-0.25, -0.2) is 8.42 Å². The number of hydrogen-bond donors (Lipinski definition) is 2. The van der Waals surface area contributed by atoms with E-state index in [1.165, 1.54) is 0 Å². The Kier molecular flexibility index (Phi) is 3.30. The molecule has 1 aliphatic heterocycles. The fourth-order valence-electron chi connectivity index (χ4n) is 2.05. The number of anilines is 1. The summed E-state index contributed by atoms with van der Waals surface area (Å²) >= 11 is 0.